The zero-order valence-electron chi connectivity index (χ0n) is 14.9. The maximum absolute atomic E-state index is 12.7. The lowest BCUT2D eigenvalue weighted by Crippen LogP contribution is -2.49. The van der Waals surface area contributed by atoms with Gasteiger partial charge in [0.2, 0.25) is 0 Å². The predicted molar refractivity (Wildman–Crippen MR) is 95.2 cm³/mol. The van der Waals surface area contributed by atoms with E-state index in [0.29, 0.717) is 24.8 Å². The average Bonchev–Trinajstić information content (AvgIpc) is 3.18. The molecule has 0 spiro atoms. The molecule has 0 bridgehead atoms. The van der Waals surface area contributed by atoms with Crippen LogP contribution in [0.2, 0.25) is 0 Å². The highest BCUT2D eigenvalue weighted by molar-refractivity contribution is 5.59. The van der Waals surface area contributed by atoms with Crippen molar-refractivity contribution in [1.82, 2.24) is 20.2 Å². The Morgan fingerprint density at radius 2 is 1.85 bits per heavy atom. The van der Waals surface area contributed by atoms with E-state index in [2.05, 4.69) is 20.2 Å². The number of nitrogens with one attached hydrogen (secondary N) is 2. The number of morpholine rings is 1. The summed E-state index contributed by atoms with van der Waals surface area (Å²) in [5, 5.41) is 3.39. The fraction of sp³-hybridized carbons (Fsp3) is 0.526. The predicted octanol–water partition coefficient (Wildman–Crippen LogP) is 3.22. The highest BCUT2D eigenvalue weighted by Crippen LogP contribution is 2.32. The molecule has 0 amide bonds. The van der Waals surface area contributed by atoms with Gasteiger partial charge in [0.1, 0.15) is 5.82 Å². The molecule has 2 saturated heterocycles. The number of alkyl halides is 3. The Morgan fingerprint density at radius 3 is 2.56 bits per heavy atom. The monoisotopic (exact) mass is 380 g/mol. The number of hydrogen-bond donors (Lipinski definition) is 2. The van der Waals surface area contributed by atoms with Crippen LogP contribution in [0.15, 0.2) is 30.5 Å². The SMILES string of the molecule is FC(F)(F)c1ccc(-c2cnc(C3COCCN3C3CCNCC3)[nH]2)cc1. The van der Waals surface area contributed by atoms with Gasteiger partial charge in [-0.15, -0.1) is 0 Å². The van der Waals surface area contributed by atoms with Gasteiger partial charge < -0.3 is 15.0 Å². The molecule has 5 nitrogen and oxygen atoms in total. The number of hydrogen-bond acceptors (Lipinski definition) is 4. The van der Waals surface area contributed by atoms with Crippen LogP contribution in [-0.2, 0) is 10.9 Å². The van der Waals surface area contributed by atoms with E-state index >= 15 is 0 Å². The summed E-state index contributed by atoms with van der Waals surface area (Å²) in [6, 6.07) is 5.69. The van der Waals surface area contributed by atoms with E-state index in [-0.39, 0.29) is 6.04 Å². The molecule has 27 heavy (non-hydrogen) atoms. The van der Waals surface area contributed by atoms with E-state index in [1.165, 1.54) is 12.1 Å². The van der Waals surface area contributed by atoms with Gasteiger partial charge in [-0.2, -0.15) is 13.2 Å². The van der Waals surface area contributed by atoms with Gasteiger partial charge in [-0.25, -0.2) is 4.98 Å². The second-order valence-corrected chi connectivity index (χ2v) is 7.07. The van der Waals surface area contributed by atoms with Crippen molar-refractivity contribution in [2.75, 3.05) is 32.8 Å². The van der Waals surface area contributed by atoms with Gasteiger partial charge in [-0.3, -0.25) is 4.90 Å². The Labute approximate surface area is 155 Å². The molecule has 0 saturated carbocycles. The molecule has 1 unspecified atom stereocenters. The van der Waals surface area contributed by atoms with E-state index < -0.39 is 11.7 Å². The van der Waals surface area contributed by atoms with Crippen LogP contribution in [0.4, 0.5) is 13.2 Å². The number of benzene rings is 1. The molecule has 2 aliphatic heterocycles. The number of piperidine rings is 1. The van der Waals surface area contributed by atoms with Gasteiger partial charge in [-0.1, -0.05) is 12.1 Å². The second kappa shape index (κ2) is 7.61. The summed E-state index contributed by atoms with van der Waals surface area (Å²) in [6.07, 6.45) is -0.439. The van der Waals surface area contributed by atoms with Crippen LogP contribution in [0, 0.1) is 0 Å². The summed E-state index contributed by atoms with van der Waals surface area (Å²) < 4.78 is 43.9. The summed E-state index contributed by atoms with van der Waals surface area (Å²) in [4.78, 5) is 10.3. The Kier molecular flexibility index (Phi) is 5.21. The average molecular weight is 380 g/mol. The number of ether oxygens (including phenoxy) is 1. The zero-order valence-corrected chi connectivity index (χ0v) is 14.9. The highest BCUT2D eigenvalue weighted by atomic mass is 19.4. The van der Waals surface area contributed by atoms with Gasteiger partial charge in [0.25, 0.3) is 0 Å². The molecule has 146 valence electrons. The number of imidazole rings is 1. The number of halogens is 3. The first-order valence-corrected chi connectivity index (χ1v) is 9.29. The summed E-state index contributed by atoms with van der Waals surface area (Å²) in [6.45, 7) is 4.19. The molecule has 4 rings (SSSR count). The van der Waals surface area contributed by atoms with Crippen LogP contribution in [0.3, 0.4) is 0 Å². The topological polar surface area (TPSA) is 53.2 Å². The minimum Gasteiger partial charge on any atom is -0.378 e. The van der Waals surface area contributed by atoms with E-state index in [1.54, 1.807) is 6.20 Å². The van der Waals surface area contributed by atoms with E-state index in [9.17, 15) is 13.2 Å². The Balaban J connectivity index is 1.53. The lowest BCUT2D eigenvalue weighted by molar-refractivity contribution is -0.137. The zero-order chi connectivity index (χ0) is 18.9. The number of aromatic nitrogens is 2. The normalized spacial score (nSPS) is 22.9. The maximum atomic E-state index is 12.7. The van der Waals surface area contributed by atoms with Crippen LogP contribution in [0.25, 0.3) is 11.3 Å². The van der Waals surface area contributed by atoms with Crippen molar-refractivity contribution in [3.05, 3.63) is 41.9 Å². The van der Waals surface area contributed by atoms with E-state index in [0.717, 1.165) is 56.1 Å². The molecule has 0 radical (unpaired) electrons. The molecule has 2 aliphatic rings. The first kappa shape index (κ1) is 18.5. The molecule has 8 heteroatoms. The van der Waals surface area contributed by atoms with Crippen molar-refractivity contribution in [3.63, 3.8) is 0 Å². The quantitative estimate of drug-likeness (QED) is 0.859. The summed E-state index contributed by atoms with van der Waals surface area (Å²) in [5.41, 5.74) is 0.755. The third kappa shape index (κ3) is 4.02. The lowest BCUT2D eigenvalue weighted by atomic mass is 10.0. The Hall–Kier alpha value is -1.90. The second-order valence-electron chi connectivity index (χ2n) is 7.07. The van der Waals surface area contributed by atoms with Crippen LogP contribution in [-0.4, -0.2) is 53.8 Å². The first-order chi connectivity index (χ1) is 13.0. The van der Waals surface area contributed by atoms with Gasteiger partial charge in [-0.05, 0) is 43.6 Å². The number of nitrogens with zero attached hydrogens (tertiary/aromatic N) is 2. The summed E-state index contributed by atoms with van der Waals surface area (Å²) in [7, 11) is 0. The molecule has 0 aliphatic carbocycles. The molecule has 1 atom stereocenters. The van der Waals surface area contributed by atoms with Crippen molar-refractivity contribution in [2.45, 2.75) is 31.1 Å². The molecule has 2 fully saturated rings. The number of H-pyrrole nitrogens is 1. The third-order valence-corrected chi connectivity index (χ3v) is 5.38. The highest BCUT2D eigenvalue weighted by Gasteiger charge is 2.33. The smallest absolute Gasteiger partial charge is 0.378 e. The van der Waals surface area contributed by atoms with Crippen molar-refractivity contribution in [1.29, 1.82) is 0 Å². The fourth-order valence-corrected chi connectivity index (χ4v) is 3.92. The molecule has 1 aromatic heterocycles. The molecule has 2 aromatic rings. The third-order valence-electron chi connectivity index (χ3n) is 5.38. The van der Waals surface area contributed by atoms with Crippen molar-refractivity contribution in [2.24, 2.45) is 0 Å². The molecule has 2 N–H and O–H groups in total. The fourth-order valence-electron chi connectivity index (χ4n) is 3.92. The van der Waals surface area contributed by atoms with Gasteiger partial charge >= 0.3 is 6.18 Å². The molecule has 3 heterocycles. The van der Waals surface area contributed by atoms with Gasteiger partial charge in [0.15, 0.2) is 0 Å². The summed E-state index contributed by atoms with van der Waals surface area (Å²) >= 11 is 0. The van der Waals surface area contributed by atoms with Crippen molar-refractivity contribution < 1.29 is 17.9 Å². The number of rotatable bonds is 3. The minimum atomic E-state index is -4.33. The van der Waals surface area contributed by atoms with E-state index in [4.69, 9.17) is 4.74 Å². The molecular formula is C19H23F3N4O. The standard InChI is InChI=1S/C19H23F3N4O/c20-19(21,22)14-3-1-13(2-4-14)16-11-24-18(25-16)17-12-27-10-9-26(17)15-5-7-23-8-6-15/h1-4,11,15,17,23H,5-10,12H2,(H,24,25). The molecule has 1 aromatic carbocycles. The van der Waals surface area contributed by atoms with Crippen LogP contribution in [0.5, 0.6) is 0 Å². The molecular weight excluding hydrogens is 357 g/mol. The minimum absolute atomic E-state index is 0.0463. The van der Waals surface area contributed by atoms with Crippen LogP contribution < -0.4 is 5.32 Å². The van der Waals surface area contributed by atoms with Crippen molar-refractivity contribution >= 4 is 0 Å². The van der Waals surface area contributed by atoms with E-state index in [1.807, 2.05) is 0 Å². The largest absolute Gasteiger partial charge is 0.416 e. The Bertz CT molecular complexity index is 753. The lowest BCUT2D eigenvalue weighted by Gasteiger charge is -2.41. The first-order valence-electron chi connectivity index (χ1n) is 9.29. The van der Waals surface area contributed by atoms with Gasteiger partial charge in [0.05, 0.1) is 36.7 Å². The van der Waals surface area contributed by atoms with Crippen molar-refractivity contribution in [3.8, 4) is 11.3 Å². The summed E-state index contributed by atoms with van der Waals surface area (Å²) in [5.74, 6) is 0.808. The van der Waals surface area contributed by atoms with Crippen LogP contribution in [0.1, 0.15) is 30.3 Å². The van der Waals surface area contributed by atoms with Gasteiger partial charge in [0, 0.05) is 12.6 Å². The number of aromatic amines is 1. The maximum Gasteiger partial charge on any atom is 0.416 e. The Morgan fingerprint density at radius 1 is 1.11 bits per heavy atom. The van der Waals surface area contributed by atoms with Crippen LogP contribution >= 0.6 is 0 Å².